The summed E-state index contributed by atoms with van der Waals surface area (Å²) in [6, 6.07) is 2.55. The van der Waals surface area contributed by atoms with Gasteiger partial charge in [-0.1, -0.05) is 0 Å². The average molecular weight is 343 g/mol. The molecule has 0 saturated carbocycles. The lowest BCUT2D eigenvalue weighted by atomic mass is 10.1. The van der Waals surface area contributed by atoms with E-state index in [4.69, 9.17) is 5.73 Å². The number of hydrogen-bond acceptors (Lipinski definition) is 5. The molecule has 7 heteroatoms. The number of ether oxygens (including phenoxy) is 1. The van der Waals surface area contributed by atoms with Crippen LogP contribution in [0.1, 0.15) is 26.3 Å². The molecule has 0 unspecified atom stereocenters. The number of hydrogen-bond donors (Lipinski definition) is 2. The first kappa shape index (κ1) is 20.3. The zero-order valence-electron chi connectivity index (χ0n) is 14.6. The van der Waals surface area contributed by atoms with E-state index in [1.54, 1.807) is 0 Å². The molecule has 136 valence electrons. The minimum Gasteiger partial charge on any atom is -0.462 e. The van der Waals surface area contributed by atoms with Gasteiger partial charge < -0.3 is 20.7 Å². The number of piperazine rings is 1. The molecule has 1 aromatic carbocycles. The summed E-state index contributed by atoms with van der Waals surface area (Å²) < 4.78 is 32.1. The molecule has 2 rings (SSSR count). The summed E-state index contributed by atoms with van der Waals surface area (Å²) in [7, 11) is 0. The van der Waals surface area contributed by atoms with Gasteiger partial charge in [-0.25, -0.2) is 8.78 Å². The van der Waals surface area contributed by atoms with Crippen LogP contribution in [0.4, 0.5) is 14.5 Å². The molecule has 1 saturated heterocycles. The van der Waals surface area contributed by atoms with Gasteiger partial charge in [-0.05, 0) is 45.4 Å². The predicted octanol–water partition coefficient (Wildman–Crippen LogP) is 1.83. The van der Waals surface area contributed by atoms with Gasteiger partial charge in [-0.15, -0.1) is 0 Å². The van der Waals surface area contributed by atoms with Crippen LogP contribution >= 0.6 is 0 Å². The molecular formula is C17H27F2N3O2. The second kappa shape index (κ2) is 9.54. The monoisotopic (exact) mass is 343 g/mol. The van der Waals surface area contributed by atoms with Crippen molar-refractivity contribution in [1.29, 1.82) is 0 Å². The highest BCUT2D eigenvalue weighted by Crippen LogP contribution is 2.23. The summed E-state index contributed by atoms with van der Waals surface area (Å²) >= 11 is 0. The zero-order valence-corrected chi connectivity index (χ0v) is 14.6. The molecule has 24 heavy (non-hydrogen) atoms. The number of nitrogens with two attached hydrogens (primary N) is 1. The first-order chi connectivity index (χ1) is 11.3. The van der Waals surface area contributed by atoms with E-state index in [1.165, 1.54) is 12.1 Å². The van der Waals surface area contributed by atoms with Crippen molar-refractivity contribution in [3.8, 4) is 0 Å². The van der Waals surface area contributed by atoms with Crippen LogP contribution in [0.5, 0.6) is 0 Å². The van der Waals surface area contributed by atoms with E-state index in [0.717, 1.165) is 13.1 Å². The predicted molar refractivity (Wildman–Crippen MR) is 91.1 cm³/mol. The van der Waals surface area contributed by atoms with Gasteiger partial charge in [0.25, 0.3) is 6.47 Å². The molecule has 3 N–H and O–H groups in total. The largest absolute Gasteiger partial charge is 0.462 e. The van der Waals surface area contributed by atoms with Crippen LogP contribution in [0, 0.1) is 11.6 Å². The number of anilines is 1. The maximum atomic E-state index is 13.9. The summed E-state index contributed by atoms with van der Waals surface area (Å²) in [5.41, 5.74) is 5.74. The number of benzene rings is 1. The Labute approximate surface area is 142 Å². The third-order valence-electron chi connectivity index (χ3n) is 3.39. The summed E-state index contributed by atoms with van der Waals surface area (Å²) in [5, 5.41) is 3.18. The van der Waals surface area contributed by atoms with Gasteiger partial charge in [0.2, 0.25) is 0 Å². The highest BCUT2D eigenvalue weighted by atomic mass is 19.1. The Hall–Kier alpha value is -1.73. The Morgan fingerprint density at radius 2 is 1.88 bits per heavy atom. The Bertz CT molecular complexity index is 527. The smallest absolute Gasteiger partial charge is 0.293 e. The minimum absolute atomic E-state index is 0.318. The number of nitrogens with one attached hydrogen (secondary N) is 1. The van der Waals surface area contributed by atoms with Crippen molar-refractivity contribution in [2.45, 2.75) is 32.8 Å². The number of carbonyl (C=O) groups is 1. The van der Waals surface area contributed by atoms with Gasteiger partial charge in [0.1, 0.15) is 17.2 Å². The maximum Gasteiger partial charge on any atom is 0.293 e. The van der Waals surface area contributed by atoms with Crippen LogP contribution in [0.3, 0.4) is 0 Å². The number of nitrogens with zero attached hydrogens (tertiary/aromatic N) is 1. The standard InChI is InChI=1S/C12H17F2N3.C5H10O2/c13-10-8-12(17-5-3-16-4-6-17)11(14)7-9(10)1-2-15;1-5(2,3)7-4-6/h7-8,16H,1-6,15H2;4H,1-3H3. The fourth-order valence-electron chi connectivity index (χ4n) is 2.22. The van der Waals surface area contributed by atoms with Gasteiger partial charge >= 0.3 is 0 Å². The summed E-state index contributed by atoms with van der Waals surface area (Å²) in [4.78, 5) is 11.5. The molecule has 0 aromatic heterocycles. The summed E-state index contributed by atoms with van der Waals surface area (Å²) in [5.74, 6) is -0.734. The van der Waals surface area contributed by atoms with Crippen LogP contribution in [-0.4, -0.2) is 44.8 Å². The molecule has 0 radical (unpaired) electrons. The molecule has 0 aliphatic carbocycles. The number of halogens is 2. The van der Waals surface area contributed by atoms with Crippen LogP contribution in [0.25, 0.3) is 0 Å². The molecule has 0 atom stereocenters. The lowest BCUT2D eigenvalue weighted by molar-refractivity contribution is -0.138. The number of rotatable bonds is 4. The van der Waals surface area contributed by atoms with Crippen molar-refractivity contribution in [2.24, 2.45) is 5.73 Å². The molecule has 0 amide bonds. The molecule has 1 heterocycles. The van der Waals surface area contributed by atoms with E-state index < -0.39 is 0 Å². The van der Waals surface area contributed by atoms with Gasteiger partial charge in [0.15, 0.2) is 0 Å². The zero-order chi connectivity index (χ0) is 18.2. The van der Waals surface area contributed by atoms with Gasteiger partial charge in [0, 0.05) is 32.2 Å². The van der Waals surface area contributed by atoms with E-state index >= 15 is 0 Å². The Kier molecular flexibility index (Phi) is 8.07. The van der Waals surface area contributed by atoms with E-state index in [0.29, 0.717) is 43.8 Å². The highest BCUT2D eigenvalue weighted by molar-refractivity contribution is 5.50. The van der Waals surface area contributed by atoms with Crippen molar-refractivity contribution in [3.63, 3.8) is 0 Å². The van der Waals surface area contributed by atoms with Crippen molar-refractivity contribution in [3.05, 3.63) is 29.3 Å². The normalized spacial score (nSPS) is 14.7. The van der Waals surface area contributed by atoms with Crippen LogP contribution in [0.15, 0.2) is 12.1 Å². The maximum absolute atomic E-state index is 13.9. The second-order valence-electron chi connectivity index (χ2n) is 6.50. The quantitative estimate of drug-likeness (QED) is 0.817. The lowest BCUT2D eigenvalue weighted by Crippen LogP contribution is -2.44. The minimum atomic E-state index is -0.370. The van der Waals surface area contributed by atoms with E-state index in [2.05, 4.69) is 10.1 Å². The summed E-state index contributed by atoms with van der Waals surface area (Å²) in [6.07, 6.45) is 0.366. The first-order valence-electron chi connectivity index (χ1n) is 8.03. The van der Waals surface area contributed by atoms with E-state index in [-0.39, 0.29) is 17.2 Å². The number of carbonyl (C=O) groups excluding carboxylic acids is 1. The lowest BCUT2D eigenvalue weighted by Gasteiger charge is -2.30. The van der Waals surface area contributed by atoms with Crippen LogP contribution < -0.4 is 16.0 Å². The third-order valence-corrected chi connectivity index (χ3v) is 3.39. The molecule has 0 spiro atoms. The van der Waals surface area contributed by atoms with Crippen molar-refractivity contribution < 1.29 is 18.3 Å². The Morgan fingerprint density at radius 3 is 2.33 bits per heavy atom. The molecule has 0 bridgehead atoms. The van der Waals surface area contributed by atoms with Gasteiger partial charge in [-0.2, -0.15) is 0 Å². The van der Waals surface area contributed by atoms with Crippen molar-refractivity contribution in [2.75, 3.05) is 37.6 Å². The molecule has 1 aliphatic rings. The fourth-order valence-corrected chi connectivity index (χ4v) is 2.22. The molecule has 1 aromatic rings. The fraction of sp³-hybridized carbons (Fsp3) is 0.588. The molecule has 1 aliphatic heterocycles. The van der Waals surface area contributed by atoms with Crippen LogP contribution in [-0.2, 0) is 16.0 Å². The molecule has 1 fully saturated rings. The average Bonchev–Trinajstić information content (AvgIpc) is 2.51. The Morgan fingerprint density at radius 1 is 1.25 bits per heavy atom. The molecule has 5 nitrogen and oxygen atoms in total. The Balaban J connectivity index is 0.000000351. The van der Waals surface area contributed by atoms with Gasteiger partial charge in [0.05, 0.1) is 5.69 Å². The van der Waals surface area contributed by atoms with Crippen LogP contribution in [0.2, 0.25) is 0 Å². The first-order valence-corrected chi connectivity index (χ1v) is 8.03. The van der Waals surface area contributed by atoms with Gasteiger partial charge in [-0.3, -0.25) is 4.79 Å². The topological polar surface area (TPSA) is 67.6 Å². The summed E-state index contributed by atoms with van der Waals surface area (Å²) in [6.45, 7) is 9.24. The second-order valence-corrected chi connectivity index (χ2v) is 6.50. The van der Waals surface area contributed by atoms with E-state index in [9.17, 15) is 13.6 Å². The van der Waals surface area contributed by atoms with Crippen molar-refractivity contribution in [1.82, 2.24) is 5.32 Å². The molecular weight excluding hydrogens is 316 g/mol. The highest BCUT2D eigenvalue weighted by Gasteiger charge is 2.17. The third kappa shape index (κ3) is 6.80. The SMILES string of the molecule is CC(C)(C)OC=O.NCCc1cc(F)c(N2CCNCC2)cc1F. The van der Waals surface area contributed by atoms with E-state index in [1.807, 2.05) is 25.7 Å². The van der Waals surface area contributed by atoms with Crippen molar-refractivity contribution >= 4 is 12.2 Å².